The molecule has 23 heavy (non-hydrogen) atoms. The third-order valence-corrected chi connectivity index (χ3v) is 4.78. The van der Waals surface area contributed by atoms with Crippen LogP contribution in [0.5, 0.6) is 5.75 Å². The van der Waals surface area contributed by atoms with Crippen molar-refractivity contribution in [3.63, 3.8) is 0 Å². The van der Waals surface area contributed by atoms with Crippen LogP contribution in [-0.2, 0) is 6.42 Å². The van der Waals surface area contributed by atoms with E-state index in [0.29, 0.717) is 6.54 Å². The van der Waals surface area contributed by atoms with Crippen LogP contribution in [-0.4, -0.2) is 34.7 Å². The van der Waals surface area contributed by atoms with Crippen LogP contribution in [0.3, 0.4) is 0 Å². The van der Waals surface area contributed by atoms with Gasteiger partial charge in [-0.1, -0.05) is 42.5 Å². The van der Waals surface area contributed by atoms with E-state index in [4.69, 9.17) is 0 Å². The Morgan fingerprint density at radius 3 is 2.26 bits per heavy atom. The van der Waals surface area contributed by atoms with Crippen LogP contribution in [0.4, 0.5) is 0 Å². The predicted octanol–water partition coefficient (Wildman–Crippen LogP) is 3.38. The molecule has 0 spiro atoms. The van der Waals surface area contributed by atoms with E-state index >= 15 is 0 Å². The summed E-state index contributed by atoms with van der Waals surface area (Å²) >= 11 is 0. The van der Waals surface area contributed by atoms with Gasteiger partial charge in [0, 0.05) is 6.54 Å². The van der Waals surface area contributed by atoms with E-state index in [1.54, 1.807) is 24.3 Å². The van der Waals surface area contributed by atoms with Gasteiger partial charge in [0.1, 0.15) is 5.75 Å². The minimum absolute atomic E-state index is 0.239. The Balaban J connectivity index is 1.46. The van der Waals surface area contributed by atoms with Gasteiger partial charge in [-0.2, -0.15) is 0 Å². The fourth-order valence-electron chi connectivity index (χ4n) is 3.37. The second kappa shape index (κ2) is 7.62. The number of nitrogens with zero attached hydrogens (tertiary/aromatic N) is 1. The van der Waals surface area contributed by atoms with E-state index in [1.807, 2.05) is 0 Å². The molecule has 122 valence electrons. The summed E-state index contributed by atoms with van der Waals surface area (Å²) in [6.45, 7) is 2.77. The second-order valence-corrected chi connectivity index (χ2v) is 6.54. The van der Waals surface area contributed by atoms with Gasteiger partial charge in [0.25, 0.3) is 0 Å². The van der Waals surface area contributed by atoms with Crippen LogP contribution < -0.4 is 0 Å². The Kier molecular flexibility index (Phi) is 5.31. The lowest BCUT2D eigenvalue weighted by Gasteiger charge is -2.33. The van der Waals surface area contributed by atoms with Gasteiger partial charge in [0.05, 0.1) is 6.10 Å². The molecule has 1 aliphatic rings. The van der Waals surface area contributed by atoms with Crippen molar-refractivity contribution in [1.82, 2.24) is 4.90 Å². The van der Waals surface area contributed by atoms with Crippen molar-refractivity contribution >= 4 is 0 Å². The van der Waals surface area contributed by atoms with Crippen LogP contribution in [0.25, 0.3) is 0 Å². The molecular formula is C20H25NO2. The Hall–Kier alpha value is -1.84. The van der Waals surface area contributed by atoms with E-state index in [1.165, 1.54) is 18.4 Å². The van der Waals surface area contributed by atoms with Crippen LogP contribution in [0.2, 0.25) is 0 Å². The molecule has 1 aliphatic heterocycles. The Morgan fingerprint density at radius 2 is 1.61 bits per heavy atom. The van der Waals surface area contributed by atoms with Crippen molar-refractivity contribution in [2.24, 2.45) is 5.92 Å². The highest BCUT2D eigenvalue weighted by atomic mass is 16.3. The molecule has 2 N–H and O–H groups in total. The fraction of sp³-hybridized carbons (Fsp3) is 0.400. The number of hydrogen-bond acceptors (Lipinski definition) is 3. The molecule has 0 aliphatic carbocycles. The summed E-state index contributed by atoms with van der Waals surface area (Å²) in [5.41, 5.74) is 2.30. The maximum absolute atomic E-state index is 10.3. The molecule has 1 saturated heterocycles. The molecule has 2 aromatic rings. The summed E-state index contributed by atoms with van der Waals surface area (Å²) in [6, 6.07) is 17.6. The Morgan fingerprint density at radius 1 is 0.957 bits per heavy atom. The molecule has 3 nitrogen and oxygen atoms in total. The fourth-order valence-corrected chi connectivity index (χ4v) is 3.37. The molecule has 0 aromatic heterocycles. The standard InChI is InChI=1S/C20H25NO2/c22-19-8-6-18(7-9-19)20(23)15-21-12-10-17(11-13-21)14-16-4-2-1-3-5-16/h1-9,17,20,22-23H,10-15H2. The number of hydrogen-bond donors (Lipinski definition) is 2. The van der Waals surface area contributed by atoms with Crippen molar-refractivity contribution in [1.29, 1.82) is 0 Å². The van der Waals surface area contributed by atoms with Gasteiger partial charge >= 0.3 is 0 Å². The molecule has 1 unspecified atom stereocenters. The van der Waals surface area contributed by atoms with Crippen LogP contribution in [0, 0.1) is 5.92 Å². The van der Waals surface area contributed by atoms with E-state index in [-0.39, 0.29) is 5.75 Å². The van der Waals surface area contributed by atoms with E-state index in [0.717, 1.165) is 31.0 Å². The topological polar surface area (TPSA) is 43.7 Å². The zero-order valence-electron chi connectivity index (χ0n) is 13.4. The van der Waals surface area contributed by atoms with Gasteiger partial charge in [0.15, 0.2) is 0 Å². The lowest BCUT2D eigenvalue weighted by atomic mass is 9.90. The maximum Gasteiger partial charge on any atom is 0.115 e. The van der Waals surface area contributed by atoms with Gasteiger partial charge in [-0.15, -0.1) is 0 Å². The number of aromatic hydroxyl groups is 1. The Labute approximate surface area is 138 Å². The summed E-state index contributed by atoms with van der Waals surface area (Å²) in [5, 5.41) is 19.7. The molecule has 0 radical (unpaired) electrons. The second-order valence-electron chi connectivity index (χ2n) is 6.54. The number of likely N-dealkylation sites (tertiary alicyclic amines) is 1. The molecule has 3 rings (SSSR count). The van der Waals surface area contributed by atoms with Crippen molar-refractivity contribution in [2.45, 2.75) is 25.4 Å². The molecule has 1 heterocycles. The number of rotatable bonds is 5. The third-order valence-electron chi connectivity index (χ3n) is 4.78. The number of piperidine rings is 1. The maximum atomic E-state index is 10.3. The third kappa shape index (κ3) is 4.57. The number of phenols is 1. The summed E-state index contributed by atoms with van der Waals surface area (Å²) in [4.78, 5) is 2.35. The summed E-state index contributed by atoms with van der Waals surface area (Å²) in [5.74, 6) is 0.988. The molecule has 1 fully saturated rings. The highest BCUT2D eigenvalue weighted by Gasteiger charge is 2.21. The zero-order valence-corrected chi connectivity index (χ0v) is 13.4. The summed E-state index contributed by atoms with van der Waals surface area (Å²) in [6.07, 6.45) is 3.06. The molecule has 3 heteroatoms. The smallest absolute Gasteiger partial charge is 0.115 e. The number of benzene rings is 2. The number of β-amino-alcohol motifs (C(OH)–C–C–N with tert-alkyl or cyclic N) is 1. The number of aliphatic hydroxyl groups is 1. The minimum atomic E-state index is -0.485. The average Bonchev–Trinajstić information content (AvgIpc) is 2.58. The Bertz CT molecular complexity index is 589. The molecule has 0 amide bonds. The lowest BCUT2D eigenvalue weighted by Crippen LogP contribution is -2.37. The molecular weight excluding hydrogens is 286 g/mol. The number of phenolic OH excluding ortho intramolecular Hbond substituents is 1. The SMILES string of the molecule is Oc1ccc(C(O)CN2CCC(Cc3ccccc3)CC2)cc1. The summed E-state index contributed by atoms with van der Waals surface area (Å²) in [7, 11) is 0. The van der Waals surface area contributed by atoms with Crippen molar-refractivity contribution in [2.75, 3.05) is 19.6 Å². The van der Waals surface area contributed by atoms with Crippen LogP contribution in [0.15, 0.2) is 54.6 Å². The predicted molar refractivity (Wildman–Crippen MR) is 92.4 cm³/mol. The van der Waals surface area contributed by atoms with Crippen LogP contribution >= 0.6 is 0 Å². The highest BCUT2D eigenvalue weighted by molar-refractivity contribution is 5.27. The van der Waals surface area contributed by atoms with Gasteiger partial charge in [-0.3, -0.25) is 0 Å². The highest BCUT2D eigenvalue weighted by Crippen LogP contribution is 2.24. The number of aliphatic hydroxyl groups excluding tert-OH is 1. The molecule has 0 saturated carbocycles. The van der Waals surface area contributed by atoms with Crippen molar-refractivity contribution in [3.05, 3.63) is 65.7 Å². The normalized spacial score (nSPS) is 18.0. The van der Waals surface area contributed by atoms with Crippen molar-refractivity contribution in [3.8, 4) is 5.75 Å². The largest absolute Gasteiger partial charge is 0.508 e. The first-order valence-electron chi connectivity index (χ1n) is 8.44. The average molecular weight is 311 g/mol. The minimum Gasteiger partial charge on any atom is -0.508 e. The zero-order chi connectivity index (χ0) is 16.1. The van der Waals surface area contributed by atoms with Crippen LogP contribution in [0.1, 0.15) is 30.1 Å². The lowest BCUT2D eigenvalue weighted by molar-refractivity contribution is 0.0893. The first-order valence-corrected chi connectivity index (χ1v) is 8.44. The van der Waals surface area contributed by atoms with Gasteiger partial charge < -0.3 is 15.1 Å². The molecule has 2 aromatic carbocycles. The monoisotopic (exact) mass is 311 g/mol. The quantitative estimate of drug-likeness (QED) is 0.889. The first kappa shape index (κ1) is 16.0. The molecule has 0 bridgehead atoms. The van der Waals surface area contributed by atoms with E-state index < -0.39 is 6.10 Å². The van der Waals surface area contributed by atoms with E-state index in [9.17, 15) is 10.2 Å². The van der Waals surface area contributed by atoms with Gasteiger partial charge in [0.2, 0.25) is 0 Å². The van der Waals surface area contributed by atoms with Gasteiger partial charge in [-0.05, 0) is 61.5 Å². The van der Waals surface area contributed by atoms with E-state index in [2.05, 4.69) is 35.2 Å². The van der Waals surface area contributed by atoms with Gasteiger partial charge in [-0.25, -0.2) is 0 Å². The summed E-state index contributed by atoms with van der Waals surface area (Å²) < 4.78 is 0. The first-order chi connectivity index (χ1) is 11.2. The van der Waals surface area contributed by atoms with Crippen molar-refractivity contribution < 1.29 is 10.2 Å². The molecule has 1 atom stereocenters.